The van der Waals surface area contributed by atoms with E-state index in [4.69, 9.17) is 4.74 Å². The molecule has 4 rings (SSSR count). The number of piperidine rings is 1. The molecule has 0 aliphatic carbocycles. The Kier molecular flexibility index (Phi) is 4.19. The van der Waals surface area contributed by atoms with Gasteiger partial charge in [-0.2, -0.15) is 0 Å². The van der Waals surface area contributed by atoms with E-state index in [2.05, 4.69) is 32.0 Å². The van der Waals surface area contributed by atoms with Crippen molar-refractivity contribution >= 4 is 5.82 Å². The zero-order chi connectivity index (χ0) is 16.4. The molecule has 0 N–H and O–H groups in total. The number of rotatable bonds is 3. The van der Waals surface area contributed by atoms with Crippen molar-refractivity contribution in [3.63, 3.8) is 0 Å². The molecule has 2 fully saturated rings. The molecule has 2 aliphatic rings. The summed E-state index contributed by atoms with van der Waals surface area (Å²) >= 11 is 0. The van der Waals surface area contributed by atoms with Gasteiger partial charge in [0.25, 0.3) is 0 Å². The first-order valence-electron chi connectivity index (χ1n) is 8.77. The molecule has 4 heterocycles. The van der Waals surface area contributed by atoms with E-state index in [-0.39, 0.29) is 0 Å². The molecule has 2 saturated heterocycles. The van der Waals surface area contributed by atoms with E-state index < -0.39 is 0 Å². The average Bonchev–Trinajstić information content (AvgIpc) is 2.99. The van der Waals surface area contributed by atoms with Gasteiger partial charge in [-0.15, -0.1) is 0 Å². The first kappa shape index (κ1) is 15.5. The van der Waals surface area contributed by atoms with Gasteiger partial charge in [-0.3, -0.25) is 4.98 Å². The van der Waals surface area contributed by atoms with E-state index >= 15 is 0 Å². The maximum atomic E-state index is 6.14. The second-order valence-electron chi connectivity index (χ2n) is 7.21. The normalized spacial score (nSPS) is 22.9. The van der Waals surface area contributed by atoms with Crippen molar-refractivity contribution in [3.05, 3.63) is 48.2 Å². The molecule has 2 aromatic heterocycles. The first-order valence-corrected chi connectivity index (χ1v) is 8.77. The fourth-order valence-corrected chi connectivity index (χ4v) is 3.98. The second-order valence-corrected chi connectivity index (χ2v) is 7.21. The summed E-state index contributed by atoms with van der Waals surface area (Å²) in [5.74, 6) is 1.06. The highest BCUT2D eigenvalue weighted by Gasteiger charge is 2.42. The third kappa shape index (κ3) is 3.26. The van der Waals surface area contributed by atoms with Crippen LogP contribution < -0.4 is 4.90 Å². The van der Waals surface area contributed by atoms with Crippen LogP contribution in [0.3, 0.4) is 0 Å². The van der Waals surface area contributed by atoms with Gasteiger partial charge in [0.2, 0.25) is 0 Å². The van der Waals surface area contributed by atoms with Crippen LogP contribution in [0.25, 0.3) is 0 Å². The summed E-state index contributed by atoms with van der Waals surface area (Å²) in [5, 5.41) is 0. The Balaban J connectivity index is 1.35. The maximum absolute atomic E-state index is 6.14. The SMILES string of the molecule is Cc1cc(N2CCC3(CC2)CO[C@@H](Cc2cccnc2)C3)ncn1. The van der Waals surface area contributed by atoms with Crippen molar-refractivity contribution in [3.8, 4) is 0 Å². The lowest BCUT2D eigenvalue weighted by Gasteiger charge is -2.39. The van der Waals surface area contributed by atoms with Crippen LogP contribution in [0.1, 0.15) is 30.5 Å². The summed E-state index contributed by atoms with van der Waals surface area (Å²) in [6, 6.07) is 6.22. The number of pyridine rings is 1. The van der Waals surface area contributed by atoms with Crippen LogP contribution in [0.15, 0.2) is 36.9 Å². The molecule has 0 radical (unpaired) electrons. The first-order chi connectivity index (χ1) is 11.7. The van der Waals surface area contributed by atoms with Crippen LogP contribution in [-0.2, 0) is 11.2 Å². The highest BCUT2D eigenvalue weighted by atomic mass is 16.5. The highest BCUT2D eigenvalue weighted by Crippen LogP contribution is 2.43. The van der Waals surface area contributed by atoms with Gasteiger partial charge in [0.15, 0.2) is 0 Å². The lowest BCUT2D eigenvalue weighted by Crippen LogP contribution is -2.41. The van der Waals surface area contributed by atoms with Gasteiger partial charge >= 0.3 is 0 Å². The van der Waals surface area contributed by atoms with E-state index in [1.54, 1.807) is 6.33 Å². The largest absolute Gasteiger partial charge is 0.377 e. The summed E-state index contributed by atoms with van der Waals surface area (Å²) < 4.78 is 6.14. The molecule has 126 valence electrons. The predicted molar refractivity (Wildman–Crippen MR) is 92.9 cm³/mol. The van der Waals surface area contributed by atoms with Crippen molar-refractivity contribution in [2.75, 3.05) is 24.6 Å². The molecule has 0 saturated carbocycles. The number of aromatic nitrogens is 3. The summed E-state index contributed by atoms with van der Waals surface area (Å²) in [6.07, 6.45) is 10.3. The number of hydrogen-bond acceptors (Lipinski definition) is 5. The maximum Gasteiger partial charge on any atom is 0.132 e. The van der Waals surface area contributed by atoms with E-state index in [1.165, 1.54) is 24.8 Å². The molecule has 0 amide bonds. The van der Waals surface area contributed by atoms with Crippen molar-refractivity contribution < 1.29 is 4.74 Å². The summed E-state index contributed by atoms with van der Waals surface area (Å²) in [4.78, 5) is 15.2. The zero-order valence-electron chi connectivity index (χ0n) is 14.2. The number of hydrogen-bond donors (Lipinski definition) is 0. The third-order valence-electron chi connectivity index (χ3n) is 5.41. The Morgan fingerprint density at radius 1 is 1.29 bits per heavy atom. The number of ether oxygens (including phenoxy) is 1. The van der Waals surface area contributed by atoms with E-state index in [1.807, 2.05) is 25.4 Å². The molecular formula is C19H24N4O. The van der Waals surface area contributed by atoms with Crippen molar-refractivity contribution in [1.29, 1.82) is 0 Å². The Morgan fingerprint density at radius 2 is 2.17 bits per heavy atom. The van der Waals surface area contributed by atoms with Crippen LogP contribution in [-0.4, -0.2) is 40.8 Å². The van der Waals surface area contributed by atoms with Gasteiger partial charge in [0, 0.05) is 43.7 Å². The van der Waals surface area contributed by atoms with Crippen molar-refractivity contribution in [2.24, 2.45) is 5.41 Å². The fourth-order valence-electron chi connectivity index (χ4n) is 3.98. The average molecular weight is 324 g/mol. The van der Waals surface area contributed by atoms with Crippen LogP contribution in [0.2, 0.25) is 0 Å². The number of anilines is 1. The zero-order valence-corrected chi connectivity index (χ0v) is 14.2. The van der Waals surface area contributed by atoms with Crippen molar-refractivity contribution in [2.45, 2.75) is 38.7 Å². The molecule has 2 aliphatic heterocycles. The minimum atomic E-state index is 0.335. The molecule has 0 unspecified atom stereocenters. The van der Waals surface area contributed by atoms with Gasteiger partial charge in [-0.25, -0.2) is 9.97 Å². The van der Waals surface area contributed by atoms with Gasteiger partial charge in [0.1, 0.15) is 12.1 Å². The lowest BCUT2D eigenvalue weighted by molar-refractivity contribution is 0.0886. The van der Waals surface area contributed by atoms with E-state index in [0.717, 1.165) is 37.6 Å². The molecule has 24 heavy (non-hydrogen) atoms. The number of nitrogens with zero attached hydrogens (tertiary/aromatic N) is 4. The van der Waals surface area contributed by atoms with Gasteiger partial charge in [-0.1, -0.05) is 6.07 Å². The van der Waals surface area contributed by atoms with Crippen LogP contribution in [0.5, 0.6) is 0 Å². The fraction of sp³-hybridized carbons (Fsp3) is 0.526. The lowest BCUT2D eigenvalue weighted by atomic mass is 9.76. The standard InChI is InChI=1S/C19H24N4O/c1-15-9-18(22-14-21-15)23-7-4-19(5-8-23)11-17(24-13-19)10-16-3-2-6-20-12-16/h2-3,6,9,12,14,17H,4-5,7-8,10-11,13H2,1H3/t17-/m0/s1. The molecular weight excluding hydrogens is 300 g/mol. The Bertz CT molecular complexity index is 683. The summed E-state index contributed by atoms with van der Waals surface area (Å²) in [6.45, 7) is 5.03. The van der Waals surface area contributed by atoms with E-state index in [9.17, 15) is 0 Å². The molecule has 5 nitrogen and oxygen atoms in total. The molecule has 0 bridgehead atoms. The van der Waals surface area contributed by atoms with Gasteiger partial charge in [-0.05, 0) is 43.2 Å². The summed E-state index contributed by atoms with van der Waals surface area (Å²) in [7, 11) is 0. The van der Waals surface area contributed by atoms with E-state index in [0.29, 0.717) is 11.5 Å². The second kappa shape index (κ2) is 6.48. The third-order valence-corrected chi connectivity index (χ3v) is 5.41. The minimum Gasteiger partial charge on any atom is -0.377 e. The monoisotopic (exact) mass is 324 g/mol. The molecule has 1 spiro atoms. The molecule has 0 aromatic carbocycles. The van der Waals surface area contributed by atoms with Crippen LogP contribution in [0.4, 0.5) is 5.82 Å². The number of aryl methyl sites for hydroxylation is 1. The topological polar surface area (TPSA) is 51.1 Å². The minimum absolute atomic E-state index is 0.335. The smallest absolute Gasteiger partial charge is 0.132 e. The molecule has 2 aromatic rings. The highest BCUT2D eigenvalue weighted by molar-refractivity contribution is 5.39. The Morgan fingerprint density at radius 3 is 2.92 bits per heavy atom. The Hall–Kier alpha value is -2.01. The van der Waals surface area contributed by atoms with Crippen LogP contribution >= 0.6 is 0 Å². The summed E-state index contributed by atoms with van der Waals surface area (Å²) in [5.41, 5.74) is 2.65. The van der Waals surface area contributed by atoms with Gasteiger partial charge in [0.05, 0.1) is 12.7 Å². The predicted octanol–water partition coefficient (Wildman–Crippen LogP) is 2.80. The Labute approximate surface area is 143 Å². The van der Waals surface area contributed by atoms with Gasteiger partial charge < -0.3 is 9.64 Å². The van der Waals surface area contributed by atoms with Crippen LogP contribution in [0, 0.1) is 12.3 Å². The molecule has 1 atom stereocenters. The quantitative estimate of drug-likeness (QED) is 0.869. The molecule has 5 heteroatoms. The van der Waals surface area contributed by atoms with Crippen molar-refractivity contribution in [1.82, 2.24) is 15.0 Å².